The number of hydrogen-bond donors (Lipinski definition) is 2. The van der Waals surface area contributed by atoms with Crippen LogP contribution in [0.15, 0.2) is 30.3 Å². The number of urea groups is 1. The van der Waals surface area contributed by atoms with Crippen LogP contribution < -0.4 is 10.6 Å². The maximum absolute atomic E-state index is 13.1. The zero-order valence-corrected chi connectivity index (χ0v) is 19.5. The highest BCUT2D eigenvalue weighted by atomic mass is 16.5. The van der Waals surface area contributed by atoms with Crippen LogP contribution in [-0.4, -0.2) is 73.1 Å². The third kappa shape index (κ3) is 5.66. The highest BCUT2D eigenvalue weighted by molar-refractivity contribution is 5.90. The molecule has 0 aromatic heterocycles. The summed E-state index contributed by atoms with van der Waals surface area (Å²) in [5.74, 6) is 0.442. The predicted molar refractivity (Wildman–Crippen MR) is 126 cm³/mol. The van der Waals surface area contributed by atoms with Gasteiger partial charge < -0.3 is 20.3 Å². The van der Waals surface area contributed by atoms with Crippen LogP contribution in [0.5, 0.6) is 0 Å². The second-order valence-corrected chi connectivity index (χ2v) is 9.50. The van der Waals surface area contributed by atoms with E-state index < -0.39 is 5.97 Å². The number of methoxy groups -OCH3 is 1. The second kappa shape index (κ2) is 11.0. The minimum atomic E-state index is -0.450. The van der Waals surface area contributed by atoms with Gasteiger partial charge in [-0.15, -0.1) is 0 Å². The van der Waals surface area contributed by atoms with Crippen LogP contribution in [0.3, 0.4) is 0 Å². The van der Waals surface area contributed by atoms with Gasteiger partial charge in [0.15, 0.2) is 0 Å². The number of piperidine rings is 3. The number of rotatable bonds is 7. The van der Waals surface area contributed by atoms with Crippen molar-refractivity contribution in [3.8, 4) is 0 Å². The molecule has 0 unspecified atom stereocenters. The standard InChI is InChI=1S/C25H36N4O4/c1-33-23(31)16-26-25(32)29-17-18-8-6-14-28-15-7-11-20(24(18)28)21(29)12-5-13-22(30)27-19-9-3-2-4-10-19/h2-4,9-10,18,20-21,24H,5-8,11-17H2,1H3,(H,26,32)(H,27,30)/t18-,20+,21+,24-/m0/s1. The van der Waals surface area contributed by atoms with Crippen molar-refractivity contribution in [1.29, 1.82) is 0 Å². The van der Waals surface area contributed by atoms with Crippen molar-refractivity contribution >= 4 is 23.6 Å². The van der Waals surface area contributed by atoms with Gasteiger partial charge in [0.1, 0.15) is 6.54 Å². The highest BCUT2D eigenvalue weighted by Gasteiger charge is 2.49. The zero-order chi connectivity index (χ0) is 23.2. The normalized spacial score (nSPS) is 26.8. The molecule has 3 aliphatic heterocycles. The zero-order valence-electron chi connectivity index (χ0n) is 19.5. The Hall–Kier alpha value is -2.61. The number of anilines is 1. The molecule has 4 atom stereocenters. The Morgan fingerprint density at radius 1 is 1.09 bits per heavy atom. The number of benzene rings is 1. The predicted octanol–water partition coefficient (Wildman–Crippen LogP) is 2.85. The molecular weight excluding hydrogens is 420 g/mol. The lowest BCUT2D eigenvalue weighted by atomic mass is 9.69. The molecule has 3 saturated heterocycles. The summed E-state index contributed by atoms with van der Waals surface area (Å²) in [5, 5.41) is 5.70. The molecular formula is C25H36N4O4. The van der Waals surface area contributed by atoms with Gasteiger partial charge in [0.05, 0.1) is 7.11 Å². The summed E-state index contributed by atoms with van der Waals surface area (Å²) in [6.45, 7) is 2.89. The lowest BCUT2D eigenvalue weighted by Gasteiger charge is -2.57. The Kier molecular flexibility index (Phi) is 7.85. The quantitative estimate of drug-likeness (QED) is 0.616. The van der Waals surface area contributed by atoms with Crippen molar-refractivity contribution in [2.24, 2.45) is 11.8 Å². The minimum absolute atomic E-state index is 0.000448. The summed E-state index contributed by atoms with van der Waals surface area (Å²) >= 11 is 0. The fraction of sp³-hybridized carbons (Fsp3) is 0.640. The van der Waals surface area contributed by atoms with Gasteiger partial charge in [-0.25, -0.2) is 4.79 Å². The van der Waals surface area contributed by atoms with Gasteiger partial charge in [-0.2, -0.15) is 0 Å². The maximum Gasteiger partial charge on any atom is 0.325 e. The summed E-state index contributed by atoms with van der Waals surface area (Å²) in [5.41, 5.74) is 0.803. The molecule has 0 spiro atoms. The lowest BCUT2D eigenvalue weighted by molar-refractivity contribution is -0.139. The SMILES string of the molecule is COC(=O)CNC(=O)N1C[C@@H]2CCCN3CCC[C@@H]([C@H]23)[C@H]1CCCC(=O)Nc1ccccc1. The van der Waals surface area contributed by atoms with E-state index in [4.69, 9.17) is 0 Å². The van der Waals surface area contributed by atoms with E-state index in [2.05, 4.69) is 20.3 Å². The fourth-order valence-electron chi connectivity index (χ4n) is 6.14. The summed E-state index contributed by atoms with van der Waals surface area (Å²) in [4.78, 5) is 41.7. The molecule has 3 heterocycles. The minimum Gasteiger partial charge on any atom is -0.468 e. The monoisotopic (exact) mass is 456 g/mol. The van der Waals surface area contributed by atoms with Gasteiger partial charge in [0.25, 0.3) is 0 Å². The first kappa shape index (κ1) is 23.5. The smallest absolute Gasteiger partial charge is 0.325 e. The van der Waals surface area contributed by atoms with Gasteiger partial charge in [0.2, 0.25) is 5.91 Å². The number of amides is 3. The summed E-state index contributed by atoms with van der Waals surface area (Å²) in [6.07, 6.45) is 6.51. The molecule has 0 aliphatic carbocycles. The van der Waals surface area contributed by atoms with Crippen molar-refractivity contribution in [3.05, 3.63) is 30.3 Å². The molecule has 0 radical (unpaired) electrons. The molecule has 1 aromatic carbocycles. The molecule has 3 fully saturated rings. The number of para-hydroxylation sites is 1. The number of nitrogens with zero attached hydrogens (tertiary/aromatic N) is 2. The first-order valence-electron chi connectivity index (χ1n) is 12.3. The Balaban J connectivity index is 1.42. The largest absolute Gasteiger partial charge is 0.468 e. The van der Waals surface area contributed by atoms with Crippen LogP contribution in [0.4, 0.5) is 10.5 Å². The molecule has 8 nitrogen and oxygen atoms in total. The first-order chi connectivity index (χ1) is 16.1. The number of ether oxygens (including phenoxy) is 1. The maximum atomic E-state index is 13.1. The first-order valence-corrected chi connectivity index (χ1v) is 12.3. The van der Waals surface area contributed by atoms with Crippen LogP contribution in [0, 0.1) is 11.8 Å². The van der Waals surface area contributed by atoms with Gasteiger partial charge in [-0.3, -0.25) is 14.5 Å². The van der Waals surface area contributed by atoms with Gasteiger partial charge in [-0.05, 0) is 75.6 Å². The van der Waals surface area contributed by atoms with Crippen LogP contribution >= 0.6 is 0 Å². The molecule has 1 aromatic rings. The fourth-order valence-corrected chi connectivity index (χ4v) is 6.14. The molecule has 8 heteroatoms. The van der Waals surface area contributed by atoms with Crippen molar-refractivity contribution in [1.82, 2.24) is 15.1 Å². The number of likely N-dealkylation sites (tertiary alicyclic amines) is 1. The van der Waals surface area contributed by atoms with E-state index in [1.165, 1.54) is 13.5 Å². The van der Waals surface area contributed by atoms with Crippen molar-refractivity contribution < 1.29 is 19.1 Å². The molecule has 4 rings (SSSR count). The van der Waals surface area contributed by atoms with Crippen LogP contribution in [-0.2, 0) is 14.3 Å². The summed E-state index contributed by atoms with van der Waals surface area (Å²) in [7, 11) is 1.32. The van der Waals surface area contributed by atoms with Crippen molar-refractivity contribution in [3.63, 3.8) is 0 Å². The van der Waals surface area contributed by atoms with Gasteiger partial charge >= 0.3 is 12.0 Å². The van der Waals surface area contributed by atoms with Gasteiger partial charge in [-0.1, -0.05) is 18.2 Å². The molecule has 2 N–H and O–H groups in total. The number of carbonyl (C=O) groups excluding carboxylic acids is 3. The topological polar surface area (TPSA) is 91.0 Å². The van der Waals surface area contributed by atoms with E-state index >= 15 is 0 Å². The third-order valence-corrected chi connectivity index (χ3v) is 7.51. The molecule has 0 bridgehead atoms. The number of hydrogen-bond acceptors (Lipinski definition) is 5. The van der Waals surface area contributed by atoms with Crippen LogP contribution in [0.1, 0.15) is 44.9 Å². The highest BCUT2D eigenvalue weighted by Crippen LogP contribution is 2.43. The number of carbonyl (C=O) groups is 3. The summed E-state index contributed by atoms with van der Waals surface area (Å²) < 4.78 is 4.68. The Labute approximate surface area is 196 Å². The molecule has 180 valence electrons. The lowest BCUT2D eigenvalue weighted by Crippen LogP contribution is -2.66. The second-order valence-electron chi connectivity index (χ2n) is 9.50. The average Bonchev–Trinajstić information content (AvgIpc) is 2.84. The Morgan fingerprint density at radius 2 is 1.85 bits per heavy atom. The van der Waals surface area contributed by atoms with Crippen molar-refractivity contribution in [2.45, 2.75) is 57.0 Å². The van der Waals surface area contributed by atoms with E-state index in [0.717, 1.165) is 50.9 Å². The van der Waals surface area contributed by atoms with E-state index in [1.54, 1.807) is 0 Å². The summed E-state index contributed by atoms with van der Waals surface area (Å²) in [6, 6.07) is 9.90. The molecule has 3 aliphatic rings. The van der Waals surface area contributed by atoms with E-state index in [0.29, 0.717) is 30.8 Å². The number of esters is 1. The molecule has 0 saturated carbocycles. The Morgan fingerprint density at radius 3 is 2.61 bits per heavy atom. The van der Waals surface area contributed by atoms with Crippen LogP contribution in [0.25, 0.3) is 0 Å². The van der Waals surface area contributed by atoms with Crippen molar-refractivity contribution in [2.75, 3.05) is 38.6 Å². The molecule has 3 amide bonds. The van der Waals surface area contributed by atoms with E-state index in [9.17, 15) is 14.4 Å². The van der Waals surface area contributed by atoms with Gasteiger partial charge in [0, 0.05) is 30.7 Å². The number of nitrogens with one attached hydrogen (secondary N) is 2. The molecule has 33 heavy (non-hydrogen) atoms. The Bertz CT molecular complexity index is 831. The van der Waals surface area contributed by atoms with E-state index in [-0.39, 0.29) is 24.5 Å². The van der Waals surface area contributed by atoms with E-state index in [1.807, 2.05) is 35.2 Å². The van der Waals surface area contributed by atoms with Crippen LogP contribution in [0.2, 0.25) is 0 Å². The average molecular weight is 457 g/mol. The third-order valence-electron chi connectivity index (χ3n) is 7.51.